The van der Waals surface area contributed by atoms with Gasteiger partial charge < -0.3 is 19.1 Å². The first-order chi connectivity index (χ1) is 18.8. The van der Waals surface area contributed by atoms with E-state index in [0.717, 1.165) is 42.9 Å². The number of nitrogens with zero attached hydrogens (tertiary/aromatic N) is 4. The van der Waals surface area contributed by atoms with Gasteiger partial charge in [0.1, 0.15) is 29.5 Å². The summed E-state index contributed by atoms with van der Waals surface area (Å²) in [6, 6.07) is 11.5. The lowest BCUT2D eigenvalue weighted by Crippen LogP contribution is -2.34. The highest BCUT2D eigenvalue weighted by molar-refractivity contribution is 6.32. The number of imidazole rings is 1. The van der Waals surface area contributed by atoms with Crippen LogP contribution in [0.25, 0.3) is 11.2 Å². The van der Waals surface area contributed by atoms with E-state index in [-0.39, 0.29) is 18.4 Å². The van der Waals surface area contributed by atoms with Crippen LogP contribution in [0.4, 0.5) is 4.39 Å². The van der Waals surface area contributed by atoms with Gasteiger partial charge in [0.15, 0.2) is 11.3 Å². The molecule has 0 radical (unpaired) electrons. The lowest BCUT2D eigenvalue weighted by Gasteiger charge is -2.30. The van der Waals surface area contributed by atoms with E-state index in [1.54, 1.807) is 18.2 Å². The van der Waals surface area contributed by atoms with Gasteiger partial charge >= 0.3 is 5.97 Å². The molecule has 2 aliphatic rings. The van der Waals surface area contributed by atoms with Crippen molar-refractivity contribution in [1.82, 2.24) is 19.4 Å². The van der Waals surface area contributed by atoms with Crippen LogP contribution in [0.1, 0.15) is 39.4 Å². The molecule has 0 amide bonds. The minimum Gasteiger partial charge on any atom is -0.487 e. The number of aromatic carboxylic acids is 1. The second kappa shape index (κ2) is 10.7. The van der Waals surface area contributed by atoms with E-state index in [2.05, 4.69) is 9.88 Å². The summed E-state index contributed by atoms with van der Waals surface area (Å²) in [4.78, 5) is 23.0. The van der Waals surface area contributed by atoms with Crippen molar-refractivity contribution in [3.05, 3.63) is 86.5 Å². The maximum Gasteiger partial charge on any atom is 0.354 e. The number of hydrogen-bond acceptors (Lipinski definition) is 6. The Hall–Kier alpha value is -3.24. The molecule has 39 heavy (non-hydrogen) atoms. The van der Waals surface area contributed by atoms with Gasteiger partial charge in [-0.2, -0.15) is 0 Å². The van der Waals surface area contributed by atoms with Gasteiger partial charge in [-0.25, -0.2) is 19.2 Å². The van der Waals surface area contributed by atoms with Crippen LogP contribution in [0.2, 0.25) is 10.0 Å². The number of fused-ring (bicyclic) bond motifs is 2. The van der Waals surface area contributed by atoms with E-state index in [0.29, 0.717) is 52.2 Å². The first-order valence-electron chi connectivity index (χ1n) is 12.7. The van der Waals surface area contributed by atoms with Crippen LogP contribution in [0.5, 0.6) is 5.75 Å². The molecule has 0 saturated carbocycles. The fraction of sp³-hybridized carbons (Fsp3) is 0.321. The topological polar surface area (TPSA) is 89.7 Å². The minimum atomic E-state index is -1.07. The van der Waals surface area contributed by atoms with Crippen LogP contribution in [0, 0.1) is 5.82 Å². The molecule has 8 nitrogen and oxygen atoms in total. The molecule has 1 fully saturated rings. The molecule has 1 saturated heterocycles. The molecule has 2 aromatic carbocycles. The largest absolute Gasteiger partial charge is 0.487 e. The number of carbonyl (C=O) groups is 1. The fourth-order valence-electron chi connectivity index (χ4n) is 4.97. The zero-order chi connectivity index (χ0) is 27.1. The molecule has 1 N–H and O–H groups in total. The number of rotatable bonds is 8. The van der Waals surface area contributed by atoms with Crippen LogP contribution in [-0.2, 0) is 37.4 Å². The Bertz CT molecular complexity index is 1570. The molecule has 2 aromatic heterocycles. The average Bonchev–Trinajstić information content (AvgIpc) is 3.21. The Balaban J connectivity index is 1.22. The predicted molar refractivity (Wildman–Crippen MR) is 144 cm³/mol. The number of carboxylic acids is 1. The van der Waals surface area contributed by atoms with Crippen LogP contribution < -0.4 is 4.74 Å². The molecule has 0 aliphatic carbocycles. The second-order valence-corrected chi connectivity index (χ2v) is 10.6. The number of ether oxygens (including phenoxy) is 2. The summed E-state index contributed by atoms with van der Waals surface area (Å²) in [5, 5.41) is 10.3. The summed E-state index contributed by atoms with van der Waals surface area (Å²) in [5.41, 5.74) is 3.81. The Morgan fingerprint density at radius 1 is 1.15 bits per heavy atom. The van der Waals surface area contributed by atoms with Crippen LogP contribution in [-0.4, -0.2) is 49.8 Å². The highest BCUT2D eigenvalue weighted by atomic mass is 35.5. The molecular weight excluding hydrogens is 546 g/mol. The maximum absolute atomic E-state index is 14.2. The molecule has 11 heteroatoms. The molecule has 0 spiro atoms. The lowest BCUT2D eigenvalue weighted by atomic mass is 9.99. The lowest BCUT2D eigenvalue weighted by molar-refractivity contribution is -0.0592. The van der Waals surface area contributed by atoms with Crippen molar-refractivity contribution in [2.75, 3.05) is 13.2 Å². The van der Waals surface area contributed by atoms with Gasteiger partial charge in [0.2, 0.25) is 0 Å². The van der Waals surface area contributed by atoms with E-state index in [1.807, 2.05) is 16.7 Å². The molecule has 2 aliphatic heterocycles. The van der Waals surface area contributed by atoms with Gasteiger partial charge in [-0.05, 0) is 60.4 Å². The van der Waals surface area contributed by atoms with Gasteiger partial charge in [0, 0.05) is 30.3 Å². The van der Waals surface area contributed by atoms with Crippen molar-refractivity contribution in [1.29, 1.82) is 0 Å². The Morgan fingerprint density at radius 2 is 2.00 bits per heavy atom. The van der Waals surface area contributed by atoms with E-state index >= 15 is 0 Å². The molecular formula is C28H25Cl2FN4O4. The quantitative estimate of drug-likeness (QED) is 0.299. The summed E-state index contributed by atoms with van der Waals surface area (Å²) in [6.07, 6.45) is 1.80. The number of halogens is 3. The number of benzene rings is 2. The highest BCUT2D eigenvalue weighted by Gasteiger charge is 2.26. The standard InChI is InChI=1S/C28H25Cl2FN4O4/c29-19-2-1-17(22(31)11-19)15-39-25-10-18-12-34(7-5-16(18)9-21(25)30)14-26-32-23-3-4-24(28(36)37)33-27(23)35(26)13-20-6-8-38-20/h1-4,9-11,20H,5-8,12-15H2,(H,36,37)/t20-/m0/s1. The molecule has 0 unspecified atom stereocenters. The van der Waals surface area contributed by atoms with E-state index < -0.39 is 11.8 Å². The SMILES string of the molecule is O=C(O)c1ccc2nc(CN3CCc4cc(Cl)c(OCc5ccc(Cl)cc5F)cc4C3)n(C[C@@H]3CCO3)c2n1. The maximum atomic E-state index is 14.2. The molecule has 1 atom stereocenters. The number of carboxylic acid groups (broad SMARTS) is 1. The Kier molecular flexibility index (Phi) is 7.16. The van der Waals surface area contributed by atoms with Crippen molar-refractivity contribution in [2.45, 2.75) is 45.2 Å². The smallest absolute Gasteiger partial charge is 0.354 e. The zero-order valence-corrected chi connectivity index (χ0v) is 22.4. The van der Waals surface area contributed by atoms with Crippen LogP contribution in [0.3, 0.4) is 0 Å². The van der Waals surface area contributed by atoms with Crippen molar-refractivity contribution in [3.8, 4) is 5.75 Å². The van der Waals surface area contributed by atoms with Crippen molar-refractivity contribution >= 4 is 40.3 Å². The third kappa shape index (κ3) is 5.45. The average molecular weight is 571 g/mol. The zero-order valence-electron chi connectivity index (χ0n) is 20.9. The summed E-state index contributed by atoms with van der Waals surface area (Å²) < 4.78 is 27.7. The predicted octanol–water partition coefficient (Wildman–Crippen LogP) is 5.50. The van der Waals surface area contributed by atoms with Gasteiger partial charge in [-0.15, -0.1) is 0 Å². The molecule has 202 valence electrons. The third-order valence-corrected chi connectivity index (χ3v) is 7.71. The van der Waals surface area contributed by atoms with Crippen LogP contribution in [0.15, 0.2) is 42.5 Å². The van der Waals surface area contributed by atoms with E-state index in [9.17, 15) is 14.3 Å². The fourth-order valence-corrected chi connectivity index (χ4v) is 5.37. The summed E-state index contributed by atoms with van der Waals surface area (Å²) >= 11 is 12.4. The molecule has 0 bridgehead atoms. The van der Waals surface area contributed by atoms with Gasteiger partial charge in [-0.3, -0.25) is 4.90 Å². The van der Waals surface area contributed by atoms with Crippen LogP contribution >= 0.6 is 23.2 Å². The molecule has 4 aromatic rings. The highest BCUT2D eigenvalue weighted by Crippen LogP contribution is 2.33. The van der Waals surface area contributed by atoms with Crippen molar-refractivity contribution in [2.24, 2.45) is 0 Å². The number of hydrogen-bond donors (Lipinski definition) is 1. The minimum absolute atomic E-state index is 0.0143. The summed E-state index contributed by atoms with van der Waals surface area (Å²) in [6.45, 7) is 3.33. The van der Waals surface area contributed by atoms with E-state index in [1.165, 1.54) is 12.1 Å². The second-order valence-electron chi connectivity index (χ2n) is 9.80. The van der Waals surface area contributed by atoms with E-state index in [4.69, 9.17) is 37.7 Å². The first kappa shape index (κ1) is 26.0. The Labute approximate surface area is 233 Å². The summed E-state index contributed by atoms with van der Waals surface area (Å²) in [5.74, 6) is -0.203. The van der Waals surface area contributed by atoms with Crippen molar-refractivity contribution in [3.63, 3.8) is 0 Å². The number of aromatic nitrogens is 3. The van der Waals surface area contributed by atoms with Gasteiger partial charge in [0.25, 0.3) is 0 Å². The molecule has 6 rings (SSSR count). The summed E-state index contributed by atoms with van der Waals surface area (Å²) in [7, 11) is 0. The molecule has 4 heterocycles. The monoisotopic (exact) mass is 570 g/mol. The Morgan fingerprint density at radius 3 is 2.74 bits per heavy atom. The number of pyridine rings is 1. The first-order valence-corrected chi connectivity index (χ1v) is 13.4. The van der Waals surface area contributed by atoms with Gasteiger partial charge in [-0.1, -0.05) is 29.3 Å². The normalized spacial score (nSPS) is 17.2. The third-order valence-electron chi connectivity index (χ3n) is 7.18. The van der Waals surface area contributed by atoms with Gasteiger partial charge in [0.05, 0.1) is 24.2 Å². The van der Waals surface area contributed by atoms with Crippen molar-refractivity contribution < 1.29 is 23.8 Å².